The second-order valence-corrected chi connectivity index (χ2v) is 8.01. The zero-order valence-corrected chi connectivity index (χ0v) is 16.6. The van der Waals surface area contributed by atoms with E-state index in [2.05, 4.69) is 10.3 Å². The van der Waals surface area contributed by atoms with E-state index in [9.17, 15) is 18.4 Å². The van der Waals surface area contributed by atoms with Crippen molar-refractivity contribution in [3.05, 3.63) is 24.3 Å². The fraction of sp³-hybridized carbons (Fsp3) is 0.500. The highest BCUT2D eigenvalue weighted by atomic mass is 32.2. The molecule has 0 atom stereocenters. The van der Waals surface area contributed by atoms with Crippen molar-refractivity contribution in [2.24, 2.45) is 0 Å². The Bertz CT molecular complexity index is 817. The zero-order valence-electron chi connectivity index (χ0n) is 15.8. The van der Waals surface area contributed by atoms with Gasteiger partial charge in [0.25, 0.3) is 5.76 Å². The Morgan fingerprint density at radius 2 is 1.96 bits per heavy atom. The molecule has 2 rings (SSSR count). The summed E-state index contributed by atoms with van der Waals surface area (Å²) in [5.41, 5.74) is 0.743. The number of nitrogens with zero attached hydrogens (tertiary/aromatic N) is 3. The third-order valence-electron chi connectivity index (χ3n) is 3.69. The van der Waals surface area contributed by atoms with Crippen LogP contribution in [0.25, 0.3) is 11.0 Å². The Labute approximate surface area is 161 Å². The Hall–Kier alpha value is -2.16. The highest BCUT2D eigenvalue weighted by Crippen LogP contribution is 2.28. The first-order valence-electron chi connectivity index (χ1n) is 8.59. The van der Waals surface area contributed by atoms with Crippen LogP contribution >= 0.6 is 11.8 Å². The Morgan fingerprint density at radius 1 is 1.30 bits per heavy atom. The lowest BCUT2D eigenvalue weighted by molar-refractivity contribution is -0.136. The SMILES string of the molecule is CCN(CC(=O)NC(C)(C)C)C(=O)Cn1c(SC(F)F)nc2ccccc21. The van der Waals surface area contributed by atoms with Gasteiger partial charge in [-0.15, -0.1) is 0 Å². The van der Waals surface area contributed by atoms with Gasteiger partial charge in [-0.25, -0.2) is 4.98 Å². The molecule has 1 aromatic heterocycles. The zero-order chi connectivity index (χ0) is 20.2. The lowest BCUT2D eigenvalue weighted by Gasteiger charge is -2.25. The van der Waals surface area contributed by atoms with Crippen LogP contribution in [0.15, 0.2) is 29.4 Å². The third-order valence-corrected chi connectivity index (χ3v) is 4.39. The molecule has 1 aromatic carbocycles. The molecule has 148 valence electrons. The van der Waals surface area contributed by atoms with E-state index in [1.807, 2.05) is 20.8 Å². The second-order valence-electron chi connectivity index (χ2n) is 7.05. The first-order valence-corrected chi connectivity index (χ1v) is 9.47. The quantitative estimate of drug-likeness (QED) is 0.728. The fourth-order valence-corrected chi connectivity index (χ4v) is 3.22. The van der Waals surface area contributed by atoms with Gasteiger partial charge in [-0.05, 0) is 51.6 Å². The largest absolute Gasteiger partial charge is 0.350 e. The molecule has 0 radical (unpaired) electrons. The number of fused-ring (bicyclic) bond motifs is 1. The maximum atomic E-state index is 12.9. The van der Waals surface area contributed by atoms with Crippen LogP contribution in [0.4, 0.5) is 8.78 Å². The lowest BCUT2D eigenvalue weighted by atomic mass is 10.1. The molecule has 0 unspecified atom stereocenters. The van der Waals surface area contributed by atoms with Gasteiger partial charge in [-0.2, -0.15) is 8.78 Å². The first-order chi connectivity index (χ1) is 12.6. The van der Waals surface area contributed by atoms with Crippen LogP contribution in [0.3, 0.4) is 0 Å². The summed E-state index contributed by atoms with van der Waals surface area (Å²) in [7, 11) is 0. The molecule has 6 nitrogen and oxygen atoms in total. The number of rotatable bonds is 7. The molecule has 0 spiro atoms. The molecule has 2 aromatic rings. The summed E-state index contributed by atoms with van der Waals surface area (Å²) in [4.78, 5) is 30.4. The van der Waals surface area contributed by atoms with Crippen LogP contribution in [-0.2, 0) is 16.1 Å². The summed E-state index contributed by atoms with van der Waals surface area (Å²) in [5.74, 6) is -3.24. The number of alkyl halides is 2. The standard InChI is InChI=1S/C18H24F2N4O2S/c1-5-23(10-14(25)22-18(2,3)4)15(26)11-24-13-9-7-6-8-12(13)21-17(24)27-16(19)20/h6-9,16H,5,10-11H2,1-4H3,(H,22,25). The minimum Gasteiger partial charge on any atom is -0.350 e. The fourth-order valence-electron chi connectivity index (χ4n) is 2.62. The number of halogens is 2. The van der Waals surface area contributed by atoms with E-state index in [4.69, 9.17) is 0 Å². The van der Waals surface area contributed by atoms with E-state index < -0.39 is 11.3 Å². The van der Waals surface area contributed by atoms with E-state index in [1.54, 1.807) is 31.2 Å². The normalized spacial score (nSPS) is 11.8. The molecule has 0 saturated carbocycles. The summed E-state index contributed by atoms with van der Waals surface area (Å²) in [6.45, 7) is 7.42. The summed E-state index contributed by atoms with van der Waals surface area (Å²) < 4.78 is 27.2. The van der Waals surface area contributed by atoms with Crippen LogP contribution in [-0.4, -0.2) is 50.7 Å². The molecule has 0 bridgehead atoms. The van der Waals surface area contributed by atoms with Crippen molar-refractivity contribution in [2.45, 2.75) is 50.7 Å². The van der Waals surface area contributed by atoms with E-state index >= 15 is 0 Å². The van der Waals surface area contributed by atoms with Gasteiger partial charge in [0.1, 0.15) is 6.54 Å². The maximum absolute atomic E-state index is 12.9. The monoisotopic (exact) mass is 398 g/mol. The van der Waals surface area contributed by atoms with Gasteiger partial charge < -0.3 is 14.8 Å². The number of benzene rings is 1. The van der Waals surface area contributed by atoms with Gasteiger partial charge in [0, 0.05) is 12.1 Å². The molecule has 9 heteroatoms. The average molecular weight is 398 g/mol. The van der Waals surface area contributed by atoms with Gasteiger partial charge >= 0.3 is 0 Å². The van der Waals surface area contributed by atoms with Crippen LogP contribution in [0.1, 0.15) is 27.7 Å². The van der Waals surface area contributed by atoms with Gasteiger partial charge in [0.05, 0.1) is 17.6 Å². The predicted octanol–water partition coefficient (Wildman–Crippen LogP) is 3.11. The van der Waals surface area contributed by atoms with Crippen LogP contribution in [0.2, 0.25) is 0 Å². The van der Waals surface area contributed by atoms with Crippen molar-refractivity contribution < 1.29 is 18.4 Å². The van der Waals surface area contributed by atoms with E-state index in [0.29, 0.717) is 29.3 Å². The van der Waals surface area contributed by atoms with Crippen molar-refractivity contribution in [2.75, 3.05) is 13.1 Å². The molecule has 1 heterocycles. The van der Waals surface area contributed by atoms with Gasteiger partial charge in [0.2, 0.25) is 11.8 Å². The summed E-state index contributed by atoms with van der Waals surface area (Å²) in [5, 5.41) is 2.89. The number of carbonyl (C=O) groups excluding carboxylic acids is 2. The minimum atomic E-state index is -2.64. The topological polar surface area (TPSA) is 67.2 Å². The number of hydrogen-bond donors (Lipinski definition) is 1. The Kier molecular flexibility index (Phi) is 6.80. The van der Waals surface area contributed by atoms with Gasteiger partial charge in [0.15, 0.2) is 5.16 Å². The number of aromatic nitrogens is 2. The second kappa shape index (κ2) is 8.69. The highest BCUT2D eigenvalue weighted by molar-refractivity contribution is 7.99. The molecular formula is C18H24F2N4O2S. The van der Waals surface area contributed by atoms with Crippen molar-refractivity contribution in [3.63, 3.8) is 0 Å². The Balaban J connectivity index is 2.21. The molecule has 0 aliphatic heterocycles. The average Bonchev–Trinajstić information content (AvgIpc) is 2.87. The molecule has 27 heavy (non-hydrogen) atoms. The number of hydrogen-bond acceptors (Lipinski definition) is 4. The number of nitrogens with one attached hydrogen (secondary N) is 1. The van der Waals surface area contributed by atoms with Crippen LogP contribution < -0.4 is 5.32 Å². The number of carbonyl (C=O) groups is 2. The van der Waals surface area contributed by atoms with Crippen LogP contribution in [0, 0.1) is 0 Å². The third kappa shape index (κ3) is 5.92. The molecule has 0 aliphatic carbocycles. The van der Waals surface area contributed by atoms with Gasteiger partial charge in [-0.3, -0.25) is 9.59 Å². The van der Waals surface area contributed by atoms with Crippen molar-refractivity contribution in [3.8, 4) is 0 Å². The number of imidazole rings is 1. The lowest BCUT2D eigenvalue weighted by Crippen LogP contribution is -2.47. The maximum Gasteiger partial charge on any atom is 0.291 e. The first kappa shape index (κ1) is 21.1. The van der Waals surface area contributed by atoms with E-state index in [-0.39, 0.29) is 30.1 Å². The Morgan fingerprint density at radius 3 is 2.56 bits per heavy atom. The van der Waals surface area contributed by atoms with Crippen LogP contribution in [0.5, 0.6) is 0 Å². The molecule has 0 saturated heterocycles. The van der Waals surface area contributed by atoms with Crippen molar-refractivity contribution in [1.29, 1.82) is 0 Å². The number of thioether (sulfide) groups is 1. The summed E-state index contributed by atoms with van der Waals surface area (Å²) in [6.07, 6.45) is 0. The highest BCUT2D eigenvalue weighted by Gasteiger charge is 2.22. The number of para-hydroxylation sites is 2. The number of amides is 2. The predicted molar refractivity (Wildman–Crippen MR) is 102 cm³/mol. The minimum absolute atomic E-state index is 0.0785. The molecular weight excluding hydrogens is 374 g/mol. The smallest absolute Gasteiger partial charge is 0.291 e. The van der Waals surface area contributed by atoms with Gasteiger partial charge in [-0.1, -0.05) is 12.1 Å². The van der Waals surface area contributed by atoms with E-state index in [1.165, 1.54) is 9.47 Å². The molecule has 0 aliphatic rings. The molecule has 1 N–H and O–H groups in total. The van der Waals surface area contributed by atoms with Crippen molar-refractivity contribution >= 4 is 34.6 Å². The molecule has 2 amide bonds. The summed E-state index contributed by atoms with van der Waals surface area (Å²) >= 11 is 0.302. The summed E-state index contributed by atoms with van der Waals surface area (Å²) in [6, 6.07) is 6.96. The molecule has 0 fully saturated rings. The number of likely N-dealkylation sites (N-methyl/N-ethyl adjacent to an activating group) is 1. The van der Waals surface area contributed by atoms with E-state index in [0.717, 1.165) is 0 Å². The van der Waals surface area contributed by atoms with Crippen molar-refractivity contribution in [1.82, 2.24) is 19.8 Å².